The summed E-state index contributed by atoms with van der Waals surface area (Å²) in [6.45, 7) is 3.04. The number of amides is 1. The number of ether oxygens (including phenoxy) is 1. The van der Waals surface area contributed by atoms with E-state index in [9.17, 15) is 20.1 Å². The van der Waals surface area contributed by atoms with Gasteiger partial charge in [-0.15, -0.1) is 0 Å². The van der Waals surface area contributed by atoms with E-state index >= 15 is 0 Å². The van der Waals surface area contributed by atoms with Gasteiger partial charge in [-0.1, -0.05) is 23.2 Å². The van der Waals surface area contributed by atoms with Crippen molar-refractivity contribution in [2.45, 2.75) is 50.4 Å². The van der Waals surface area contributed by atoms with Gasteiger partial charge in [0.1, 0.15) is 17.4 Å². The van der Waals surface area contributed by atoms with Crippen LogP contribution in [0.3, 0.4) is 0 Å². The van der Waals surface area contributed by atoms with Crippen LogP contribution in [0.15, 0.2) is 6.20 Å². The second-order valence-electron chi connectivity index (χ2n) is 5.46. The van der Waals surface area contributed by atoms with Gasteiger partial charge in [0.25, 0.3) is 5.91 Å². The summed E-state index contributed by atoms with van der Waals surface area (Å²) in [5.41, 5.74) is -1.69. The minimum atomic E-state index is -1.74. The Morgan fingerprint density at radius 1 is 1.55 bits per heavy atom. The first-order chi connectivity index (χ1) is 10.2. The molecule has 0 saturated carbocycles. The monoisotopic (exact) mass is 352 g/mol. The first-order valence-electron chi connectivity index (χ1n) is 6.74. The molecule has 0 aliphatic carbocycles. The lowest BCUT2D eigenvalue weighted by Crippen LogP contribution is -2.65. The number of aromatic nitrogens is 1. The van der Waals surface area contributed by atoms with E-state index in [1.807, 2.05) is 0 Å². The van der Waals surface area contributed by atoms with Crippen molar-refractivity contribution in [2.24, 2.45) is 0 Å². The maximum absolute atomic E-state index is 12.2. The third kappa shape index (κ3) is 3.10. The summed E-state index contributed by atoms with van der Waals surface area (Å²) >= 11 is 11.7. The Balaban J connectivity index is 2.15. The molecular formula is C13H18Cl2N2O5. The van der Waals surface area contributed by atoms with Gasteiger partial charge in [-0.2, -0.15) is 0 Å². The van der Waals surface area contributed by atoms with Crippen molar-refractivity contribution in [3.05, 3.63) is 21.9 Å². The van der Waals surface area contributed by atoms with Crippen LogP contribution >= 0.6 is 23.2 Å². The van der Waals surface area contributed by atoms with E-state index in [1.165, 1.54) is 20.0 Å². The van der Waals surface area contributed by atoms with Crippen LogP contribution in [0.2, 0.25) is 10.0 Å². The summed E-state index contributed by atoms with van der Waals surface area (Å²) in [7, 11) is 0. The molecule has 2 heterocycles. The van der Waals surface area contributed by atoms with E-state index in [4.69, 9.17) is 27.9 Å². The second-order valence-corrected chi connectivity index (χ2v) is 6.24. The number of aliphatic hydroxyl groups excluding tert-OH is 2. The van der Waals surface area contributed by atoms with Crippen LogP contribution in [0.1, 0.15) is 30.8 Å². The molecule has 7 nitrogen and oxygen atoms in total. The highest BCUT2D eigenvalue weighted by atomic mass is 35.5. The number of rotatable bonds is 3. The smallest absolute Gasteiger partial charge is 0.269 e. The number of halogens is 2. The molecule has 1 fully saturated rings. The lowest BCUT2D eigenvalue weighted by molar-refractivity contribution is -0.267. The number of nitrogens with one attached hydrogen (secondary N) is 2. The van der Waals surface area contributed by atoms with Crippen LogP contribution in [0.25, 0.3) is 0 Å². The fourth-order valence-electron chi connectivity index (χ4n) is 2.55. The quantitative estimate of drug-likeness (QED) is 0.548. The molecule has 1 saturated heterocycles. The van der Waals surface area contributed by atoms with Crippen LogP contribution in [0.5, 0.6) is 0 Å². The molecule has 1 aliphatic heterocycles. The summed E-state index contributed by atoms with van der Waals surface area (Å²) in [4.78, 5) is 14.8. The van der Waals surface area contributed by atoms with Crippen molar-refractivity contribution in [3.63, 3.8) is 0 Å². The lowest BCUT2D eigenvalue weighted by Gasteiger charge is -2.45. The average molecular weight is 353 g/mol. The molecule has 1 aromatic heterocycles. The molecule has 0 spiro atoms. The van der Waals surface area contributed by atoms with E-state index in [0.717, 1.165) is 0 Å². The van der Waals surface area contributed by atoms with Gasteiger partial charge in [0.2, 0.25) is 0 Å². The maximum atomic E-state index is 12.2. The molecule has 1 amide bonds. The molecule has 5 N–H and O–H groups in total. The Labute approximate surface area is 137 Å². The summed E-state index contributed by atoms with van der Waals surface area (Å²) in [6, 6.07) is -0.867. The zero-order valence-electron chi connectivity index (χ0n) is 12.0. The number of H-pyrrole nitrogens is 1. The Morgan fingerprint density at radius 2 is 2.18 bits per heavy atom. The van der Waals surface area contributed by atoms with E-state index in [-0.39, 0.29) is 22.2 Å². The zero-order chi connectivity index (χ0) is 16.7. The molecule has 1 aliphatic rings. The van der Waals surface area contributed by atoms with Gasteiger partial charge in [0.15, 0.2) is 6.29 Å². The Kier molecular flexibility index (Phi) is 5.06. The van der Waals surface area contributed by atoms with E-state index in [0.29, 0.717) is 0 Å². The molecule has 0 aromatic carbocycles. The molecular weight excluding hydrogens is 335 g/mol. The maximum Gasteiger partial charge on any atom is 0.269 e. The highest BCUT2D eigenvalue weighted by Gasteiger charge is 2.50. The highest BCUT2D eigenvalue weighted by molar-refractivity contribution is 6.43. The molecule has 0 bridgehead atoms. The molecule has 1 aromatic rings. The number of hydrogen-bond acceptors (Lipinski definition) is 5. The Morgan fingerprint density at radius 3 is 2.73 bits per heavy atom. The molecule has 9 heteroatoms. The topological polar surface area (TPSA) is 115 Å². The van der Waals surface area contributed by atoms with Crippen molar-refractivity contribution >= 4 is 29.1 Å². The second kappa shape index (κ2) is 6.35. The van der Waals surface area contributed by atoms with Gasteiger partial charge < -0.3 is 30.4 Å². The van der Waals surface area contributed by atoms with Crippen LogP contribution in [-0.2, 0) is 4.74 Å². The molecule has 5 atom stereocenters. The third-order valence-corrected chi connectivity index (χ3v) is 4.71. The molecule has 22 heavy (non-hydrogen) atoms. The lowest BCUT2D eigenvalue weighted by atomic mass is 9.81. The summed E-state index contributed by atoms with van der Waals surface area (Å²) in [6.07, 6.45) is -2.15. The number of carbonyl (C=O) groups excluding carboxylic acids is 1. The fourth-order valence-corrected chi connectivity index (χ4v) is 2.89. The minimum Gasteiger partial charge on any atom is -0.387 e. The van der Waals surface area contributed by atoms with Gasteiger partial charge in [0.05, 0.1) is 22.2 Å². The molecule has 2 rings (SSSR count). The fraction of sp³-hybridized carbons (Fsp3) is 0.615. The highest BCUT2D eigenvalue weighted by Crippen LogP contribution is 2.32. The van der Waals surface area contributed by atoms with Crippen molar-refractivity contribution < 1.29 is 24.9 Å². The number of hydrogen-bond donors (Lipinski definition) is 5. The average Bonchev–Trinajstić information content (AvgIpc) is 2.76. The van der Waals surface area contributed by atoms with Gasteiger partial charge in [-0.05, 0) is 13.8 Å². The first-order valence-corrected chi connectivity index (χ1v) is 7.49. The normalized spacial score (nSPS) is 33.5. The van der Waals surface area contributed by atoms with Crippen LogP contribution in [0, 0.1) is 0 Å². The van der Waals surface area contributed by atoms with Crippen molar-refractivity contribution in [1.82, 2.24) is 10.3 Å². The van der Waals surface area contributed by atoms with E-state index < -0.39 is 36.0 Å². The van der Waals surface area contributed by atoms with Crippen LogP contribution in [-0.4, -0.2) is 56.4 Å². The summed E-state index contributed by atoms with van der Waals surface area (Å²) in [5.74, 6) is -0.585. The van der Waals surface area contributed by atoms with Crippen molar-refractivity contribution in [3.8, 4) is 0 Å². The van der Waals surface area contributed by atoms with E-state index in [1.54, 1.807) is 0 Å². The molecule has 5 unspecified atom stereocenters. The van der Waals surface area contributed by atoms with Gasteiger partial charge in [-0.3, -0.25) is 4.79 Å². The first kappa shape index (κ1) is 17.5. The number of carbonyl (C=O) groups is 1. The Hall–Kier alpha value is -0.830. The standard InChI is InChI=1S/C13H18Cl2N2O5/c1-5-11(19)13(21,3-8(18)22-5)6(2)17-12(20)10-9(15)7(14)4-16-10/h4-6,8,11,16,18-19,21H,3H2,1-2H3,(H,17,20). The summed E-state index contributed by atoms with van der Waals surface area (Å²) < 4.78 is 5.04. The minimum absolute atomic E-state index is 0.0530. The predicted molar refractivity (Wildman–Crippen MR) is 79.9 cm³/mol. The molecule has 0 radical (unpaired) electrons. The van der Waals surface area contributed by atoms with Gasteiger partial charge in [-0.25, -0.2) is 0 Å². The molecule has 124 valence electrons. The van der Waals surface area contributed by atoms with E-state index in [2.05, 4.69) is 10.3 Å². The number of aromatic amines is 1. The Bertz CT molecular complexity index is 567. The van der Waals surface area contributed by atoms with Crippen molar-refractivity contribution in [2.75, 3.05) is 0 Å². The van der Waals surface area contributed by atoms with Crippen LogP contribution in [0.4, 0.5) is 0 Å². The van der Waals surface area contributed by atoms with Gasteiger partial charge in [0, 0.05) is 12.6 Å². The summed E-state index contributed by atoms with van der Waals surface area (Å²) in [5, 5.41) is 33.2. The predicted octanol–water partition coefficient (Wildman–Crippen LogP) is 0.659. The SMILES string of the molecule is CC1OC(O)CC(O)(C(C)NC(=O)c2[nH]cc(Cl)c2Cl)C1O. The number of aliphatic hydroxyl groups is 3. The largest absolute Gasteiger partial charge is 0.387 e. The van der Waals surface area contributed by atoms with Crippen molar-refractivity contribution in [1.29, 1.82) is 0 Å². The third-order valence-electron chi connectivity index (χ3n) is 3.93. The van der Waals surface area contributed by atoms with Gasteiger partial charge >= 0.3 is 0 Å². The van der Waals surface area contributed by atoms with Crippen LogP contribution < -0.4 is 5.32 Å². The zero-order valence-corrected chi connectivity index (χ0v) is 13.5.